The highest BCUT2D eigenvalue weighted by Gasteiger charge is 2.13. The molecule has 0 aliphatic carbocycles. The maximum atomic E-state index is 8.03. The first-order valence-corrected chi connectivity index (χ1v) is 7.97. The largest absolute Gasteiger partial charge is 0.399 e. The first-order chi connectivity index (χ1) is 8.11. The SMILES string of the molecule is N=C(c1cc(SI)on1)c1cc(N)ccc1N. The zero-order valence-corrected chi connectivity index (χ0v) is 11.6. The Bertz CT molecular complexity index is 569. The molecule has 2 aromatic rings. The fourth-order valence-electron chi connectivity index (χ4n) is 1.34. The highest BCUT2D eigenvalue weighted by Crippen LogP contribution is 2.27. The first-order valence-electron chi connectivity index (χ1n) is 4.61. The highest BCUT2D eigenvalue weighted by molar-refractivity contribution is 14.2. The van der Waals surface area contributed by atoms with Crippen LogP contribution in [0.3, 0.4) is 0 Å². The van der Waals surface area contributed by atoms with Crippen molar-refractivity contribution < 1.29 is 4.52 Å². The molecular weight excluding hydrogens is 351 g/mol. The molecule has 0 atom stereocenters. The highest BCUT2D eigenvalue weighted by atomic mass is 127. The molecule has 5 nitrogen and oxygen atoms in total. The van der Waals surface area contributed by atoms with Crippen molar-refractivity contribution in [1.82, 2.24) is 5.16 Å². The molecule has 88 valence electrons. The molecule has 0 saturated heterocycles. The van der Waals surface area contributed by atoms with Gasteiger partial charge in [-0.2, -0.15) is 0 Å². The predicted octanol–water partition coefficient (Wildman–Crippen LogP) is 2.70. The van der Waals surface area contributed by atoms with Gasteiger partial charge in [0.15, 0.2) is 0 Å². The topological polar surface area (TPSA) is 102 Å². The summed E-state index contributed by atoms with van der Waals surface area (Å²) in [6.07, 6.45) is 0. The van der Waals surface area contributed by atoms with E-state index in [4.69, 9.17) is 21.4 Å². The summed E-state index contributed by atoms with van der Waals surface area (Å²) in [6.45, 7) is 0. The minimum atomic E-state index is 0.204. The molecule has 7 heteroatoms. The van der Waals surface area contributed by atoms with Crippen LogP contribution in [-0.4, -0.2) is 10.9 Å². The van der Waals surface area contributed by atoms with Crippen molar-refractivity contribution in [2.24, 2.45) is 0 Å². The average Bonchev–Trinajstić information content (AvgIpc) is 2.80. The molecule has 0 amide bonds. The Balaban J connectivity index is 2.39. The third kappa shape index (κ3) is 2.55. The summed E-state index contributed by atoms with van der Waals surface area (Å²) < 4.78 is 5.02. The average molecular weight is 360 g/mol. The lowest BCUT2D eigenvalue weighted by Gasteiger charge is -2.05. The van der Waals surface area contributed by atoms with Gasteiger partial charge in [-0.15, -0.1) is 0 Å². The number of rotatable bonds is 3. The van der Waals surface area contributed by atoms with Crippen LogP contribution < -0.4 is 11.5 Å². The summed E-state index contributed by atoms with van der Waals surface area (Å²) in [5, 5.41) is 12.5. The lowest BCUT2D eigenvalue weighted by atomic mass is 10.0. The van der Waals surface area contributed by atoms with Crippen LogP contribution in [0.5, 0.6) is 0 Å². The Morgan fingerprint density at radius 3 is 2.76 bits per heavy atom. The van der Waals surface area contributed by atoms with Gasteiger partial charge in [0.05, 0.1) is 5.71 Å². The molecule has 0 fully saturated rings. The molecule has 0 radical (unpaired) electrons. The minimum Gasteiger partial charge on any atom is -0.399 e. The number of halogens is 1. The molecule has 0 aliphatic rings. The van der Waals surface area contributed by atoms with Crippen LogP contribution in [0, 0.1) is 5.41 Å². The number of anilines is 2. The van der Waals surface area contributed by atoms with Crippen LogP contribution in [0.15, 0.2) is 33.9 Å². The lowest BCUT2D eigenvalue weighted by molar-refractivity contribution is 0.350. The van der Waals surface area contributed by atoms with E-state index in [1.807, 2.05) is 0 Å². The van der Waals surface area contributed by atoms with Gasteiger partial charge in [0.25, 0.3) is 0 Å². The van der Waals surface area contributed by atoms with Gasteiger partial charge in [0, 0.05) is 44.2 Å². The number of nitrogens with two attached hydrogens (primary N) is 2. The molecule has 1 heterocycles. The number of hydrogen-bond donors (Lipinski definition) is 3. The molecule has 0 spiro atoms. The summed E-state index contributed by atoms with van der Waals surface area (Å²) in [6, 6.07) is 6.72. The van der Waals surface area contributed by atoms with Crippen LogP contribution in [0.1, 0.15) is 11.3 Å². The zero-order chi connectivity index (χ0) is 12.4. The van der Waals surface area contributed by atoms with E-state index in [9.17, 15) is 0 Å². The molecule has 17 heavy (non-hydrogen) atoms. The first kappa shape index (κ1) is 12.2. The predicted molar refractivity (Wildman–Crippen MR) is 77.6 cm³/mol. The minimum absolute atomic E-state index is 0.204. The summed E-state index contributed by atoms with van der Waals surface area (Å²) in [4.78, 5) is 0. The molecule has 1 aromatic heterocycles. The van der Waals surface area contributed by atoms with E-state index >= 15 is 0 Å². The number of nitrogens with one attached hydrogen (secondary N) is 1. The van der Waals surface area contributed by atoms with Crippen LogP contribution in [0.25, 0.3) is 0 Å². The van der Waals surface area contributed by atoms with Gasteiger partial charge in [-0.05, 0) is 27.1 Å². The second kappa shape index (κ2) is 4.96. The Morgan fingerprint density at radius 1 is 1.35 bits per heavy atom. The van der Waals surface area contributed by atoms with Crippen LogP contribution >= 0.6 is 30.1 Å². The van der Waals surface area contributed by atoms with Gasteiger partial charge in [-0.1, -0.05) is 5.16 Å². The number of nitrogens with zero attached hydrogens (tertiary/aromatic N) is 1. The molecule has 2 rings (SSSR count). The van der Waals surface area contributed by atoms with Gasteiger partial charge in [0.2, 0.25) is 5.09 Å². The second-order valence-electron chi connectivity index (χ2n) is 3.33. The monoisotopic (exact) mass is 360 g/mol. The third-order valence-corrected chi connectivity index (χ3v) is 3.81. The normalized spacial score (nSPS) is 10.4. The van der Waals surface area contributed by atoms with Crippen molar-refractivity contribution in [3.63, 3.8) is 0 Å². The van der Waals surface area contributed by atoms with E-state index in [1.165, 1.54) is 8.93 Å². The van der Waals surface area contributed by atoms with Gasteiger partial charge in [0.1, 0.15) is 5.69 Å². The molecule has 0 aliphatic heterocycles. The quantitative estimate of drug-likeness (QED) is 0.444. The molecule has 0 saturated carbocycles. The Labute approximate surface area is 114 Å². The van der Waals surface area contributed by atoms with Gasteiger partial charge in [-0.3, -0.25) is 5.41 Å². The van der Waals surface area contributed by atoms with Crippen molar-refractivity contribution in [2.75, 3.05) is 11.5 Å². The number of aromatic nitrogens is 1. The number of hydrogen-bond acceptors (Lipinski definition) is 6. The lowest BCUT2D eigenvalue weighted by Crippen LogP contribution is -2.06. The van der Waals surface area contributed by atoms with Gasteiger partial charge >= 0.3 is 0 Å². The number of nitrogen functional groups attached to an aromatic ring is 2. The van der Waals surface area contributed by atoms with E-state index in [0.29, 0.717) is 27.7 Å². The van der Waals surface area contributed by atoms with Crippen molar-refractivity contribution in [2.45, 2.75) is 5.09 Å². The standard InChI is InChI=1S/C10H9IN4OS/c11-17-9-4-8(15-16-9)10(14)6-3-5(12)1-2-7(6)13/h1-4,14H,12-13H2. The Morgan fingerprint density at radius 2 is 2.12 bits per heavy atom. The van der Waals surface area contributed by atoms with Crippen LogP contribution in [-0.2, 0) is 0 Å². The van der Waals surface area contributed by atoms with E-state index in [-0.39, 0.29) is 5.71 Å². The molecule has 0 bridgehead atoms. The second-order valence-corrected chi connectivity index (χ2v) is 5.21. The molecule has 0 unspecified atom stereocenters. The molecule has 5 N–H and O–H groups in total. The van der Waals surface area contributed by atoms with E-state index < -0.39 is 0 Å². The molecular formula is C10H9IN4OS. The van der Waals surface area contributed by atoms with Crippen molar-refractivity contribution >= 4 is 47.2 Å². The maximum Gasteiger partial charge on any atom is 0.203 e. The van der Waals surface area contributed by atoms with Crippen molar-refractivity contribution in [3.05, 3.63) is 35.5 Å². The summed E-state index contributed by atoms with van der Waals surface area (Å²) in [5.41, 5.74) is 13.7. The molecule has 1 aromatic carbocycles. The third-order valence-electron chi connectivity index (χ3n) is 2.17. The fourth-order valence-corrected chi connectivity index (χ4v) is 2.19. The van der Waals surface area contributed by atoms with E-state index in [0.717, 1.165) is 0 Å². The van der Waals surface area contributed by atoms with Gasteiger partial charge in [-0.25, -0.2) is 0 Å². The van der Waals surface area contributed by atoms with Crippen molar-refractivity contribution in [1.29, 1.82) is 5.41 Å². The van der Waals surface area contributed by atoms with Crippen LogP contribution in [0.2, 0.25) is 0 Å². The Kier molecular flexibility index (Phi) is 3.57. The summed E-state index contributed by atoms with van der Waals surface area (Å²) >= 11 is 2.08. The fraction of sp³-hybridized carbons (Fsp3) is 0. The summed E-state index contributed by atoms with van der Waals surface area (Å²) in [7, 11) is 1.40. The van der Waals surface area contributed by atoms with E-state index in [1.54, 1.807) is 24.3 Å². The van der Waals surface area contributed by atoms with Crippen LogP contribution in [0.4, 0.5) is 11.4 Å². The van der Waals surface area contributed by atoms with E-state index in [2.05, 4.69) is 26.4 Å². The van der Waals surface area contributed by atoms with Crippen molar-refractivity contribution in [3.8, 4) is 0 Å². The Hall–Kier alpha value is -1.22. The zero-order valence-electron chi connectivity index (χ0n) is 8.61. The van der Waals surface area contributed by atoms with Gasteiger partial charge < -0.3 is 16.0 Å². The maximum absolute atomic E-state index is 8.03. The smallest absolute Gasteiger partial charge is 0.203 e. The summed E-state index contributed by atoms with van der Waals surface area (Å²) in [5.74, 6) is 0. The number of benzene rings is 1.